The molecule has 0 atom stereocenters. The first-order chi connectivity index (χ1) is 9.16. The van der Waals surface area contributed by atoms with Gasteiger partial charge in [-0.3, -0.25) is 9.59 Å². The SMILES string of the molecule is NC(=O)c1cccc(C(=O)NC2CCCCCC2)c1. The molecule has 2 rings (SSSR count). The van der Waals surface area contributed by atoms with E-state index in [2.05, 4.69) is 5.32 Å². The Morgan fingerprint density at radius 2 is 1.68 bits per heavy atom. The second kappa shape index (κ2) is 6.36. The van der Waals surface area contributed by atoms with Crippen molar-refractivity contribution in [2.45, 2.75) is 44.6 Å². The molecule has 0 saturated heterocycles. The molecule has 1 aliphatic rings. The molecule has 1 fully saturated rings. The molecule has 0 unspecified atom stereocenters. The molecule has 0 heterocycles. The molecule has 19 heavy (non-hydrogen) atoms. The fourth-order valence-corrected chi connectivity index (χ4v) is 2.51. The Bertz CT molecular complexity index is 463. The van der Waals surface area contributed by atoms with Gasteiger partial charge in [-0.05, 0) is 31.0 Å². The summed E-state index contributed by atoms with van der Waals surface area (Å²) in [6.45, 7) is 0. The number of benzene rings is 1. The zero-order valence-electron chi connectivity index (χ0n) is 11.0. The summed E-state index contributed by atoms with van der Waals surface area (Å²) in [5, 5.41) is 3.05. The van der Waals surface area contributed by atoms with Gasteiger partial charge in [0.1, 0.15) is 0 Å². The Morgan fingerprint density at radius 3 is 2.32 bits per heavy atom. The fourth-order valence-electron chi connectivity index (χ4n) is 2.51. The van der Waals surface area contributed by atoms with Crippen LogP contribution < -0.4 is 11.1 Å². The van der Waals surface area contributed by atoms with Crippen LogP contribution in [0.1, 0.15) is 59.2 Å². The highest BCUT2D eigenvalue weighted by molar-refractivity contribution is 5.99. The summed E-state index contributed by atoms with van der Waals surface area (Å²) < 4.78 is 0. The molecule has 4 nitrogen and oxygen atoms in total. The summed E-state index contributed by atoms with van der Waals surface area (Å²) in [5.74, 6) is -0.626. The molecule has 102 valence electrons. The standard InChI is InChI=1S/C15H20N2O2/c16-14(18)11-6-5-7-12(10-11)15(19)17-13-8-3-1-2-4-9-13/h5-7,10,13H,1-4,8-9H2,(H2,16,18)(H,17,19). The minimum atomic E-state index is -0.510. The highest BCUT2D eigenvalue weighted by Gasteiger charge is 2.16. The van der Waals surface area contributed by atoms with Gasteiger partial charge < -0.3 is 11.1 Å². The third-order valence-corrected chi connectivity index (χ3v) is 3.60. The summed E-state index contributed by atoms with van der Waals surface area (Å²) >= 11 is 0. The van der Waals surface area contributed by atoms with Crippen molar-refractivity contribution in [1.29, 1.82) is 0 Å². The van der Waals surface area contributed by atoms with Crippen molar-refractivity contribution in [3.63, 3.8) is 0 Å². The first-order valence-corrected chi connectivity index (χ1v) is 6.87. The van der Waals surface area contributed by atoms with Gasteiger partial charge in [0.25, 0.3) is 5.91 Å². The Labute approximate surface area is 113 Å². The Morgan fingerprint density at radius 1 is 1.05 bits per heavy atom. The van der Waals surface area contributed by atoms with Crippen LogP contribution >= 0.6 is 0 Å². The van der Waals surface area contributed by atoms with Crippen LogP contribution in [-0.4, -0.2) is 17.9 Å². The Hall–Kier alpha value is -1.84. The molecule has 3 N–H and O–H groups in total. The van der Waals surface area contributed by atoms with Crippen LogP contribution in [0.4, 0.5) is 0 Å². The molecular weight excluding hydrogens is 240 g/mol. The number of hydrogen-bond donors (Lipinski definition) is 2. The van der Waals surface area contributed by atoms with Gasteiger partial charge in [-0.2, -0.15) is 0 Å². The molecule has 1 aliphatic carbocycles. The molecule has 0 bridgehead atoms. The topological polar surface area (TPSA) is 72.2 Å². The number of rotatable bonds is 3. The highest BCUT2D eigenvalue weighted by Crippen LogP contribution is 2.17. The smallest absolute Gasteiger partial charge is 0.251 e. The van der Waals surface area contributed by atoms with Crippen molar-refractivity contribution in [3.05, 3.63) is 35.4 Å². The predicted octanol–water partition coefficient (Wildman–Crippen LogP) is 2.24. The molecule has 0 aliphatic heterocycles. The van der Waals surface area contributed by atoms with Crippen molar-refractivity contribution >= 4 is 11.8 Å². The van der Waals surface area contributed by atoms with Crippen molar-refractivity contribution in [1.82, 2.24) is 5.32 Å². The average Bonchev–Trinajstić information content (AvgIpc) is 2.67. The van der Waals surface area contributed by atoms with E-state index >= 15 is 0 Å². The number of nitrogens with one attached hydrogen (secondary N) is 1. The van der Waals surface area contributed by atoms with Crippen LogP contribution in [0.15, 0.2) is 24.3 Å². The highest BCUT2D eigenvalue weighted by atomic mass is 16.2. The van der Waals surface area contributed by atoms with Crippen LogP contribution in [0.3, 0.4) is 0 Å². The van der Waals surface area contributed by atoms with Crippen molar-refractivity contribution in [3.8, 4) is 0 Å². The molecule has 1 saturated carbocycles. The minimum absolute atomic E-state index is 0.116. The Balaban J connectivity index is 2.02. The van der Waals surface area contributed by atoms with Gasteiger partial charge in [0.2, 0.25) is 5.91 Å². The van der Waals surface area contributed by atoms with Crippen LogP contribution in [0.25, 0.3) is 0 Å². The molecular formula is C15H20N2O2. The summed E-state index contributed by atoms with van der Waals surface area (Å²) in [5.41, 5.74) is 6.09. The minimum Gasteiger partial charge on any atom is -0.366 e. The first-order valence-electron chi connectivity index (χ1n) is 6.87. The fraction of sp³-hybridized carbons (Fsp3) is 0.467. The molecule has 0 radical (unpaired) electrons. The van der Waals surface area contributed by atoms with E-state index in [4.69, 9.17) is 5.73 Å². The predicted molar refractivity (Wildman–Crippen MR) is 73.9 cm³/mol. The summed E-state index contributed by atoms with van der Waals surface area (Å²) in [7, 11) is 0. The second-order valence-corrected chi connectivity index (χ2v) is 5.11. The molecule has 1 aromatic rings. The Kier molecular flexibility index (Phi) is 4.55. The first kappa shape index (κ1) is 13.6. The zero-order valence-corrected chi connectivity index (χ0v) is 11.0. The van der Waals surface area contributed by atoms with E-state index in [1.807, 2.05) is 0 Å². The zero-order chi connectivity index (χ0) is 13.7. The summed E-state index contributed by atoms with van der Waals surface area (Å²) in [6.07, 6.45) is 6.94. The van der Waals surface area contributed by atoms with Crippen LogP contribution in [0.2, 0.25) is 0 Å². The van der Waals surface area contributed by atoms with Crippen molar-refractivity contribution in [2.75, 3.05) is 0 Å². The second-order valence-electron chi connectivity index (χ2n) is 5.11. The van der Waals surface area contributed by atoms with Gasteiger partial charge in [0, 0.05) is 17.2 Å². The molecule has 2 amide bonds. The number of amides is 2. The van der Waals surface area contributed by atoms with Gasteiger partial charge in [0.15, 0.2) is 0 Å². The van der Waals surface area contributed by atoms with E-state index in [9.17, 15) is 9.59 Å². The van der Waals surface area contributed by atoms with E-state index in [0.717, 1.165) is 12.8 Å². The van der Waals surface area contributed by atoms with Gasteiger partial charge in [-0.15, -0.1) is 0 Å². The monoisotopic (exact) mass is 260 g/mol. The largest absolute Gasteiger partial charge is 0.366 e. The maximum absolute atomic E-state index is 12.1. The maximum atomic E-state index is 12.1. The quantitative estimate of drug-likeness (QED) is 0.818. The van der Waals surface area contributed by atoms with E-state index in [1.54, 1.807) is 24.3 Å². The summed E-state index contributed by atoms with van der Waals surface area (Å²) in [4.78, 5) is 23.2. The summed E-state index contributed by atoms with van der Waals surface area (Å²) in [6, 6.07) is 6.81. The number of carbonyl (C=O) groups is 2. The molecule has 4 heteroatoms. The van der Waals surface area contributed by atoms with Gasteiger partial charge in [0.05, 0.1) is 0 Å². The molecule has 0 spiro atoms. The lowest BCUT2D eigenvalue weighted by molar-refractivity contribution is 0.0933. The lowest BCUT2D eigenvalue weighted by atomic mass is 10.1. The van der Waals surface area contributed by atoms with E-state index in [1.165, 1.54) is 25.7 Å². The number of carbonyl (C=O) groups excluding carboxylic acids is 2. The van der Waals surface area contributed by atoms with E-state index in [-0.39, 0.29) is 11.9 Å². The van der Waals surface area contributed by atoms with Crippen molar-refractivity contribution in [2.24, 2.45) is 5.73 Å². The number of nitrogens with two attached hydrogens (primary N) is 1. The number of hydrogen-bond acceptors (Lipinski definition) is 2. The van der Waals surface area contributed by atoms with E-state index in [0.29, 0.717) is 11.1 Å². The van der Waals surface area contributed by atoms with Crippen LogP contribution in [0, 0.1) is 0 Å². The van der Waals surface area contributed by atoms with Crippen molar-refractivity contribution < 1.29 is 9.59 Å². The normalized spacial score (nSPS) is 16.6. The molecule has 0 aromatic heterocycles. The lowest BCUT2D eigenvalue weighted by Gasteiger charge is -2.16. The average molecular weight is 260 g/mol. The van der Waals surface area contributed by atoms with Gasteiger partial charge in [-0.1, -0.05) is 31.7 Å². The van der Waals surface area contributed by atoms with Crippen LogP contribution in [0.5, 0.6) is 0 Å². The van der Waals surface area contributed by atoms with Gasteiger partial charge in [-0.25, -0.2) is 0 Å². The lowest BCUT2D eigenvalue weighted by Crippen LogP contribution is -2.34. The third-order valence-electron chi connectivity index (χ3n) is 3.60. The maximum Gasteiger partial charge on any atom is 0.251 e. The van der Waals surface area contributed by atoms with Gasteiger partial charge >= 0.3 is 0 Å². The van der Waals surface area contributed by atoms with E-state index < -0.39 is 5.91 Å². The number of primary amides is 1. The van der Waals surface area contributed by atoms with Crippen LogP contribution in [-0.2, 0) is 0 Å². The third kappa shape index (κ3) is 3.81. The molecule has 1 aromatic carbocycles.